The number of carbonyl (C=O) groups is 1. The fourth-order valence-electron chi connectivity index (χ4n) is 1.84. The maximum Gasteiger partial charge on any atom is 0.234 e. The van der Waals surface area contributed by atoms with Crippen LogP contribution in [0.4, 0.5) is 5.69 Å². The van der Waals surface area contributed by atoms with Gasteiger partial charge in [-0.2, -0.15) is 0 Å². The van der Waals surface area contributed by atoms with Gasteiger partial charge in [0.25, 0.3) is 0 Å². The average Bonchev–Trinajstić information content (AvgIpc) is 2.38. The Hall–Kier alpha value is -1.31. The first kappa shape index (κ1) is 9.25. The van der Waals surface area contributed by atoms with E-state index in [0.29, 0.717) is 0 Å². The van der Waals surface area contributed by atoms with Crippen LogP contribution >= 0.6 is 0 Å². The summed E-state index contributed by atoms with van der Waals surface area (Å²) in [6, 6.07) is 6.20. The quantitative estimate of drug-likeness (QED) is 0.722. The highest BCUT2D eigenvalue weighted by Gasteiger charge is 2.38. The van der Waals surface area contributed by atoms with Crippen molar-refractivity contribution in [1.29, 1.82) is 0 Å². The van der Waals surface area contributed by atoms with Gasteiger partial charge in [-0.3, -0.25) is 4.79 Å². The Morgan fingerprint density at radius 1 is 1.36 bits per heavy atom. The second kappa shape index (κ2) is 2.84. The molecule has 0 fully saturated rings. The Kier molecular flexibility index (Phi) is 1.88. The largest absolute Gasteiger partial charge is 0.325 e. The summed E-state index contributed by atoms with van der Waals surface area (Å²) in [4.78, 5) is 11.6. The summed E-state index contributed by atoms with van der Waals surface area (Å²) >= 11 is 0. The number of nitrogens with one attached hydrogen (secondary N) is 1. The van der Waals surface area contributed by atoms with Crippen LogP contribution in [0.2, 0.25) is 0 Å². The first-order valence-corrected chi connectivity index (χ1v) is 5.00. The monoisotopic (exact) mass is 189 g/mol. The first-order chi connectivity index (χ1) is 6.55. The molecule has 1 amide bonds. The molecule has 2 rings (SSSR count). The van der Waals surface area contributed by atoms with Crippen LogP contribution in [0.1, 0.15) is 31.9 Å². The number of aryl methyl sites for hydroxylation is 1. The second-order valence-electron chi connectivity index (χ2n) is 4.31. The van der Waals surface area contributed by atoms with E-state index in [9.17, 15) is 4.79 Å². The summed E-state index contributed by atoms with van der Waals surface area (Å²) in [5, 5.41) is 2.90. The van der Waals surface area contributed by atoms with E-state index >= 15 is 0 Å². The summed E-state index contributed by atoms with van der Waals surface area (Å²) < 4.78 is 0. The molecule has 2 nitrogen and oxygen atoms in total. The summed E-state index contributed by atoms with van der Waals surface area (Å²) in [6.45, 7) is 6.06. The molecule has 1 heterocycles. The smallest absolute Gasteiger partial charge is 0.234 e. The maximum atomic E-state index is 11.6. The van der Waals surface area contributed by atoms with Gasteiger partial charge in [0.2, 0.25) is 5.91 Å². The highest BCUT2D eigenvalue weighted by molar-refractivity contribution is 6.05. The van der Waals surface area contributed by atoms with Crippen LogP contribution in [0.25, 0.3) is 0 Å². The molecule has 0 atom stereocenters. The molecule has 1 N–H and O–H groups in total. The van der Waals surface area contributed by atoms with Crippen LogP contribution < -0.4 is 5.32 Å². The molecular formula is C12H15NO. The molecule has 0 saturated carbocycles. The van der Waals surface area contributed by atoms with Gasteiger partial charge in [0.05, 0.1) is 5.41 Å². The zero-order valence-corrected chi connectivity index (χ0v) is 8.85. The van der Waals surface area contributed by atoms with Crippen LogP contribution in [-0.2, 0) is 16.6 Å². The topological polar surface area (TPSA) is 29.1 Å². The van der Waals surface area contributed by atoms with E-state index in [1.54, 1.807) is 0 Å². The van der Waals surface area contributed by atoms with Gasteiger partial charge in [-0.1, -0.05) is 19.1 Å². The van der Waals surface area contributed by atoms with E-state index in [1.807, 2.05) is 19.9 Å². The van der Waals surface area contributed by atoms with Crippen LogP contribution in [0, 0.1) is 0 Å². The predicted molar refractivity (Wildman–Crippen MR) is 57.5 cm³/mol. The van der Waals surface area contributed by atoms with Crippen LogP contribution in [0.15, 0.2) is 18.2 Å². The Balaban J connectivity index is 2.56. The Labute approximate surface area is 84.3 Å². The molecule has 1 aromatic rings. The third-order valence-corrected chi connectivity index (χ3v) is 2.98. The molecule has 1 aliphatic heterocycles. The first-order valence-electron chi connectivity index (χ1n) is 5.00. The van der Waals surface area contributed by atoms with Gasteiger partial charge in [0.15, 0.2) is 0 Å². The van der Waals surface area contributed by atoms with Gasteiger partial charge in [0, 0.05) is 5.69 Å². The maximum absolute atomic E-state index is 11.6. The molecule has 74 valence electrons. The molecule has 0 bridgehead atoms. The summed E-state index contributed by atoms with van der Waals surface area (Å²) in [5.74, 6) is 0.0979. The van der Waals surface area contributed by atoms with Crippen molar-refractivity contribution >= 4 is 11.6 Å². The lowest BCUT2D eigenvalue weighted by molar-refractivity contribution is -0.119. The molecule has 1 aliphatic rings. The average molecular weight is 189 g/mol. The molecule has 0 unspecified atom stereocenters. The second-order valence-corrected chi connectivity index (χ2v) is 4.31. The van der Waals surface area contributed by atoms with Gasteiger partial charge in [-0.25, -0.2) is 0 Å². The molecular weight excluding hydrogens is 174 g/mol. The Bertz CT molecular complexity index is 393. The minimum Gasteiger partial charge on any atom is -0.325 e. The molecule has 0 spiro atoms. The zero-order valence-electron chi connectivity index (χ0n) is 8.85. The lowest BCUT2D eigenvalue weighted by atomic mass is 9.85. The molecule has 0 radical (unpaired) electrons. The van der Waals surface area contributed by atoms with Crippen LogP contribution in [0.5, 0.6) is 0 Å². The van der Waals surface area contributed by atoms with E-state index < -0.39 is 0 Å². The number of anilines is 1. The minimum atomic E-state index is -0.374. The number of fused-ring (bicyclic) bond motifs is 1. The number of amides is 1. The number of benzene rings is 1. The number of hydrogen-bond acceptors (Lipinski definition) is 1. The third kappa shape index (κ3) is 1.14. The van der Waals surface area contributed by atoms with E-state index in [2.05, 4.69) is 24.4 Å². The molecule has 1 aromatic carbocycles. The number of hydrogen-bond donors (Lipinski definition) is 1. The van der Waals surface area contributed by atoms with Crippen molar-refractivity contribution in [2.75, 3.05) is 5.32 Å². The van der Waals surface area contributed by atoms with Gasteiger partial charge in [0.1, 0.15) is 0 Å². The standard InChI is InChI=1S/C12H15NO/c1-4-8-5-6-10-9(7-8)12(2,3)11(14)13-10/h5-7H,4H2,1-3H3,(H,13,14). The molecule has 0 saturated heterocycles. The van der Waals surface area contributed by atoms with Crippen molar-refractivity contribution in [3.05, 3.63) is 29.3 Å². The Morgan fingerprint density at radius 2 is 2.07 bits per heavy atom. The van der Waals surface area contributed by atoms with Gasteiger partial charge >= 0.3 is 0 Å². The van der Waals surface area contributed by atoms with Gasteiger partial charge in [-0.15, -0.1) is 0 Å². The summed E-state index contributed by atoms with van der Waals surface area (Å²) in [5.41, 5.74) is 3.01. The molecule has 2 heteroatoms. The van der Waals surface area contributed by atoms with Crippen molar-refractivity contribution < 1.29 is 4.79 Å². The zero-order chi connectivity index (χ0) is 10.3. The summed E-state index contributed by atoms with van der Waals surface area (Å²) in [7, 11) is 0. The highest BCUT2D eigenvalue weighted by atomic mass is 16.2. The highest BCUT2D eigenvalue weighted by Crippen LogP contribution is 2.37. The van der Waals surface area contributed by atoms with E-state index in [-0.39, 0.29) is 11.3 Å². The number of rotatable bonds is 1. The fraction of sp³-hybridized carbons (Fsp3) is 0.417. The predicted octanol–water partition coefficient (Wildman–Crippen LogP) is 2.48. The van der Waals surface area contributed by atoms with E-state index in [0.717, 1.165) is 17.7 Å². The van der Waals surface area contributed by atoms with Gasteiger partial charge < -0.3 is 5.32 Å². The van der Waals surface area contributed by atoms with Crippen molar-refractivity contribution in [2.45, 2.75) is 32.6 Å². The molecule has 14 heavy (non-hydrogen) atoms. The fourth-order valence-corrected chi connectivity index (χ4v) is 1.84. The summed E-state index contributed by atoms with van der Waals surface area (Å²) in [6.07, 6.45) is 1.01. The lowest BCUT2D eigenvalue weighted by Crippen LogP contribution is -2.26. The van der Waals surface area contributed by atoms with E-state index in [1.165, 1.54) is 5.56 Å². The van der Waals surface area contributed by atoms with Crippen LogP contribution in [-0.4, -0.2) is 5.91 Å². The van der Waals surface area contributed by atoms with Crippen molar-refractivity contribution in [1.82, 2.24) is 0 Å². The lowest BCUT2D eigenvalue weighted by Gasteiger charge is -2.15. The minimum absolute atomic E-state index is 0.0979. The molecule has 0 aliphatic carbocycles. The van der Waals surface area contributed by atoms with Crippen molar-refractivity contribution in [2.24, 2.45) is 0 Å². The number of carbonyl (C=O) groups excluding carboxylic acids is 1. The Morgan fingerprint density at radius 3 is 2.71 bits per heavy atom. The molecule has 0 aromatic heterocycles. The third-order valence-electron chi connectivity index (χ3n) is 2.98. The van der Waals surface area contributed by atoms with Crippen molar-refractivity contribution in [3.8, 4) is 0 Å². The van der Waals surface area contributed by atoms with Crippen LogP contribution in [0.3, 0.4) is 0 Å². The SMILES string of the molecule is CCc1ccc2c(c1)C(C)(C)C(=O)N2. The van der Waals surface area contributed by atoms with E-state index in [4.69, 9.17) is 0 Å². The normalized spacial score (nSPS) is 17.8. The van der Waals surface area contributed by atoms with Gasteiger partial charge in [-0.05, 0) is 37.5 Å². The van der Waals surface area contributed by atoms with Crippen molar-refractivity contribution in [3.63, 3.8) is 0 Å².